The van der Waals surface area contributed by atoms with Gasteiger partial charge in [-0.05, 0) is 49.3 Å². The summed E-state index contributed by atoms with van der Waals surface area (Å²) in [6.07, 6.45) is 9.19. The number of benzene rings is 1. The van der Waals surface area contributed by atoms with E-state index < -0.39 is 0 Å². The molecule has 1 saturated carbocycles. The van der Waals surface area contributed by atoms with Crippen LogP contribution in [-0.4, -0.2) is 17.5 Å². The van der Waals surface area contributed by atoms with Gasteiger partial charge in [-0.2, -0.15) is 11.8 Å². The van der Waals surface area contributed by atoms with E-state index in [1.165, 1.54) is 43.2 Å². The number of thioether (sulfide) groups is 1. The van der Waals surface area contributed by atoms with Crippen molar-refractivity contribution in [2.75, 3.05) is 12.8 Å². The Balaban J connectivity index is 1.88. The van der Waals surface area contributed by atoms with Crippen LogP contribution in [0.2, 0.25) is 5.02 Å². The molecule has 0 radical (unpaired) electrons. The minimum atomic E-state index is 0.471. The van der Waals surface area contributed by atoms with E-state index in [4.69, 9.17) is 11.6 Å². The van der Waals surface area contributed by atoms with Gasteiger partial charge in [0.2, 0.25) is 0 Å². The molecule has 0 heterocycles. The fourth-order valence-electron chi connectivity index (χ4n) is 2.93. The average molecular weight is 298 g/mol. The quantitative estimate of drug-likeness (QED) is 0.837. The van der Waals surface area contributed by atoms with Crippen LogP contribution in [-0.2, 0) is 6.54 Å². The zero-order valence-electron chi connectivity index (χ0n) is 12.0. The van der Waals surface area contributed by atoms with E-state index in [0.717, 1.165) is 18.1 Å². The molecule has 1 nitrogen and oxygen atoms in total. The van der Waals surface area contributed by atoms with Crippen LogP contribution in [0.5, 0.6) is 0 Å². The van der Waals surface area contributed by atoms with E-state index in [1.54, 1.807) is 0 Å². The van der Waals surface area contributed by atoms with E-state index in [2.05, 4.69) is 36.3 Å². The van der Waals surface area contributed by atoms with E-state index in [9.17, 15) is 0 Å². The van der Waals surface area contributed by atoms with Crippen molar-refractivity contribution in [1.29, 1.82) is 0 Å². The summed E-state index contributed by atoms with van der Waals surface area (Å²) in [5.41, 5.74) is 2.64. The molecular formula is C16H24ClNS. The van der Waals surface area contributed by atoms with Gasteiger partial charge in [0.1, 0.15) is 0 Å². The Morgan fingerprint density at radius 1 is 1.26 bits per heavy atom. The van der Waals surface area contributed by atoms with Crippen molar-refractivity contribution in [3.8, 4) is 0 Å². The highest BCUT2D eigenvalue weighted by atomic mass is 35.5. The molecular weight excluding hydrogens is 274 g/mol. The molecule has 0 spiro atoms. The molecule has 1 fully saturated rings. The second-order valence-corrected chi connectivity index (χ2v) is 7.33. The summed E-state index contributed by atoms with van der Waals surface area (Å²) in [6, 6.07) is 6.16. The van der Waals surface area contributed by atoms with Gasteiger partial charge in [0.25, 0.3) is 0 Å². The molecule has 0 amide bonds. The predicted molar refractivity (Wildman–Crippen MR) is 87.2 cm³/mol. The maximum atomic E-state index is 5.99. The zero-order valence-corrected chi connectivity index (χ0v) is 13.5. The summed E-state index contributed by atoms with van der Waals surface area (Å²) in [7, 11) is 0. The van der Waals surface area contributed by atoms with Crippen molar-refractivity contribution < 1.29 is 0 Å². The van der Waals surface area contributed by atoms with E-state index in [1.807, 2.05) is 12.1 Å². The minimum Gasteiger partial charge on any atom is -0.311 e. The van der Waals surface area contributed by atoms with Gasteiger partial charge < -0.3 is 5.32 Å². The molecule has 0 aliphatic heterocycles. The molecule has 0 unspecified atom stereocenters. The summed E-state index contributed by atoms with van der Waals surface area (Å²) in [6.45, 7) is 4.20. The Hall–Kier alpha value is -0.180. The Kier molecular flexibility index (Phi) is 5.61. The van der Waals surface area contributed by atoms with Crippen LogP contribution in [0, 0.1) is 6.92 Å². The summed E-state index contributed by atoms with van der Waals surface area (Å²) >= 11 is 8.04. The molecule has 2 rings (SSSR count). The molecule has 0 atom stereocenters. The van der Waals surface area contributed by atoms with Crippen LogP contribution in [0.15, 0.2) is 18.2 Å². The summed E-state index contributed by atoms with van der Waals surface area (Å²) in [4.78, 5) is 0. The van der Waals surface area contributed by atoms with Gasteiger partial charge in [-0.15, -0.1) is 0 Å². The third kappa shape index (κ3) is 4.14. The largest absolute Gasteiger partial charge is 0.311 e. The molecule has 1 N–H and O–H groups in total. The molecule has 0 saturated heterocycles. The van der Waals surface area contributed by atoms with Gasteiger partial charge in [0.05, 0.1) is 0 Å². The summed E-state index contributed by atoms with van der Waals surface area (Å²) in [5.74, 6) is 0. The van der Waals surface area contributed by atoms with Gasteiger partial charge in [-0.25, -0.2) is 0 Å². The van der Waals surface area contributed by atoms with Crippen LogP contribution >= 0.6 is 23.4 Å². The third-order valence-corrected chi connectivity index (χ3v) is 5.92. The molecule has 3 heteroatoms. The first kappa shape index (κ1) is 15.2. The van der Waals surface area contributed by atoms with Crippen LogP contribution < -0.4 is 5.32 Å². The number of halogens is 1. The maximum absolute atomic E-state index is 5.99. The Morgan fingerprint density at radius 3 is 2.63 bits per heavy atom. The number of hydrogen-bond acceptors (Lipinski definition) is 2. The third-order valence-electron chi connectivity index (χ3n) is 4.27. The lowest BCUT2D eigenvalue weighted by Gasteiger charge is -2.36. The first-order valence-electron chi connectivity index (χ1n) is 7.16. The lowest BCUT2D eigenvalue weighted by molar-refractivity contribution is 0.379. The van der Waals surface area contributed by atoms with Gasteiger partial charge in [0.15, 0.2) is 0 Å². The second-order valence-electron chi connectivity index (χ2n) is 5.62. The van der Waals surface area contributed by atoms with Crippen molar-refractivity contribution in [2.24, 2.45) is 0 Å². The van der Waals surface area contributed by atoms with E-state index >= 15 is 0 Å². The molecule has 19 heavy (non-hydrogen) atoms. The standard InChI is InChI=1S/C16H24ClNS/c1-13-10-15(17)7-6-14(13)11-18-12-16(19-2)8-4-3-5-9-16/h6-7,10,18H,3-5,8-9,11-12H2,1-2H3. The van der Waals surface area contributed by atoms with Crippen molar-refractivity contribution in [3.05, 3.63) is 34.3 Å². The molecule has 1 aromatic rings. The van der Waals surface area contributed by atoms with Crippen LogP contribution in [0.1, 0.15) is 43.2 Å². The number of aryl methyl sites for hydroxylation is 1. The SMILES string of the molecule is CSC1(CNCc2ccc(Cl)cc2C)CCCCC1. The zero-order chi connectivity index (χ0) is 13.7. The van der Waals surface area contributed by atoms with E-state index in [0.29, 0.717) is 4.75 Å². The van der Waals surface area contributed by atoms with Gasteiger partial charge in [-0.1, -0.05) is 36.9 Å². The van der Waals surface area contributed by atoms with Gasteiger partial charge >= 0.3 is 0 Å². The van der Waals surface area contributed by atoms with Crippen LogP contribution in [0.3, 0.4) is 0 Å². The van der Waals surface area contributed by atoms with Crippen molar-refractivity contribution in [1.82, 2.24) is 5.32 Å². The lowest BCUT2D eigenvalue weighted by Crippen LogP contribution is -2.39. The highest BCUT2D eigenvalue weighted by Gasteiger charge is 2.30. The highest BCUT2D eigenvalue weighted by Crippen LogP contribution is 2.38. The fraction of sp³-hybridized carbons (Fsp3) is 0.625. The Morgan fingerprint density at radius 2 is 2.00 bits per heavy atom. The monoisotopic (exact) mass is 297 g/mol. The second kappa shape index (κ2) is 7.01. The first-order valence-corrected chi connectivity index (χ1v) is 8.76. The Bertz CT molecular complexity index is 413. The molecule has 106 valence electrons. The molecule has 1 aromatic carbocycles. The van der Waals surface area contributed by atoms with Crippen LogP contribution in [0.4, 0.5) is 0 Å². The number of nitrogens with one attached hydrogen (secondary N) is 1. The molecule has 1 aliphatic rings. The minimum absolute atomic E-state index is 0.471. The van der Waals surface area contributed by atoms with Crippen LogP contribution in [0.25, 0.3) is 0 Å². The normalized spacial score (nSPS) is 18.5. The summed E-state index contributed by atoms with van der Waals surface area (Å²) in [5, 5.41) is 4.49. The molecule has 0 bridgehead atoms. The fourth-order valence-corrected chi connectivity index (χ4v) is 4.10. The van der Waals surface area contributed by atoms with Crippen molar-refractivity contribution in [3.63, 3.8) is 0 Å². The smallest absolute Gasteiger partial charge is 0.0408 e. The number of rotatable bonds is 5. The Labute approximate surface area is 126 Å². The first-order chi connectivity index (χ1) is 9.15. The average Bonchev–Trinajstić information content (AvgIpc) is 2.42. The molecule has 1 aliphatic carbocycles. The predicted octanol–water partition coefficient (Wildman–Crippen LogP) is 4.80. The molecule has 0 aromatic heterocycles. The van der Waals surface area contributed by atoms with Gasteiger partial charge in [-0.3, -0.25) is 0 Å². The maximum Gasteiger partial charge on any atom is 0.0408 e. The topological polar surface area (TPSA) is 12.0 Å². The van der Waals surface area contributed by atoms with E-state index in [-0.39, 0.29) is 0 Å². The number of hydrogen-bond donors (Lipinski definition) is 1. The van der Waals surface area contributed by atoms with Crippen molar-refractivity contribution >= 4 is 23.4 Å². The summed E-state index contributed by atoms with van der Waals surface area (Å²) < 4.78 is 0.471. The van der Waals surface area contributed by atoms with Crippen molar-refractivity contribution in [2.45, 2.75) is 50.3 Å². The highest BCUT2D eigenvalue weighted by molar-refractivity contribution is 8.00. The lowest BCUT2D eigenvalue weighted by atomic mass is 9.88. The van der Waals surface area contributed by atoms with Gasteiger partial charge in [0, 0.05) is 22.9 Å².